The lowest BCUT2D eigenvalue weighted by Gasteiger charge is -2.25. The molecule has 0 spiro atoms. The number of carbonyl (C=O) groups excluding carboxylic acids is 1. The first-order chi connectivity index (χ1) is 10.1. The zero-order chi connectivity index (χ0) is 14.6. The molecule has 0 N–H and O–H groups in total. The van der Waals surface area contributed by atoms with Gasteiger partial charge in [-0.15, -0.1) is 0 Å². The first kappa shape index (κ1) is 12.6. The number of fused-ring (bicyclic) bond motifs is 5. The van der Waals surface area contributed by atoms with Gasteiger partial charge in [-0.1, -0.05) is 18.2 Å². The van der Waals surface area contributed by atoms with Gasteiger partial charge in [0.1, 0.15) is 0 Å². The lowest BCUT2D eigenvalue weighted by molar-refractivity contribution is -0.129. The Bertz CT molecular complexity index is 723. The Morgan fingerprint density at radius 3 is 3.05 bits per heavy atom. The first-order valence-electron chi connectivity index (χ1n) is 7.38. The molecule has 1 amide bonds. The third-order valence-electron chi connectivity index (χ3n) is 4.48. The average Bonchev–Trinajstić information content (AvgIpc) is 2.98. The van der Waals surface area contributed by atoms with E-state index in [0.29, 0.717) is 6.54 Å². The van der Waals surface area contributed by atoms with Crippen molar-refractivity contribution in [2.45, 2.75) is 32.9 Å². The number of hydrogen-bond acceptors (Lipinski definition) is 3. The van der Waals surface area contributed by atoms with E-state index in [2.05, 4.69) is 17.6 Å². The number of nitrogens with zero attached hydrogens (tertiary/aromatic N) is 4. The molecule has 108 valence electrons. The molecule has 0 saturated heterocycles. The lowest BCUT2D eigenvalue weighted by atomic mass is 9.98. The highest BCUT2D eigenvalue weighted by Gasteiger charge is 2.32. The van der Waals surface area contributed by atoms with Crippen molar-refractivity contribution in [3.8, 4) is 0 Å². The second-order valence-electron chi connectivity index (χ2n) is 5.97. The predicted octanol–water partition coefficient (Wildman–Crippen LogP) is 1.48. The Morgan fingerprint density at radius 1 is 1.38 bits per heavy atom. The average molecular weight is 282 g/mol. The minimum absolute atomic E-state index is 0.128. The van der Waals surface area contributed by atoms with Crippen molar-refractivity contribution in [1.82, 2.24) is 14.7 Å². The molecule has 4 heterocycles. The number of aromatic nitrogens is 2. The highest BCUT2D eigenvalue weighted by molar-refractivity contribution is 6.14. The molecule has 0 bridgehead atoms. The van der Waals surface area contributed by atoms with E-state index < -0.39 is 0 Å². The molecule has 21 heavy (non-hydrogen) atoms. The van der Waals surface area contributed by atoms with Crippen molar-refractivity contribution in [3.63, 3.8) is 0 Å². The molecule has 0 aromatic carbocycles. The summed E-state index contributed by atoms with van der Waals surface area (Å²) in [5.74, 6) is 0.128. The zero-order valence-corrected chi connectivity index (χ0v) is 12.2. The van der Waals surface area contributed by atoms with Crippen LogP contribution in [0.2, 0.25) is 0 Å². The molecule has 1 aromatic heterocycles. The Morgan fingerprint density at radius 2 is 2.24 bits per heavy atom. The van der Waals surface area contributed by atoms with Gasteiger partial charge in [0.25, 0.3) is 0 Å². The van der Waals surface area contributed by atoms with E-state index in [4.69, 9.17) is 5.10 Å². The maximum Gasteiger partial charge on any atom is 0.219 e. The molecule has 3 aliphatic heterocycles. The van der Waals surface area contributed by atoms with E-state index >= 15 is 0 Å². The molecule has 5 heteroatoms. The summed E-state index contributed by atoms with van der Waals surface area (Å²) in [6.07, 6.45) is 3.89. The quantitative estimate of drug-likeness (QED) is 0.677. The molecule has 1 aromatic rings. The molecular formula is C16H18N4O. The van der Waals surface area contributed by atoms with E-state index in [-0.39, 0.29) is 5.91 Å². The Balaban J connectivity index is 1.86. The van der Waals surface area contributed by atoms with Crippen molar-refractivity contribution in [3.05, 3.63) is 40.8 Å². The summed E-state index contributed by atoms with van der Waals surface area (Å²) in [6.45, 7) is 8.70. The van der Waals surface area contributed by atoms with Gasteiger partial charge in [0.2, 0.25) is 5.91 Å². The minimum Gasteiger partial charge on any atom is -0.338 e. The van der Waals surface area contributed by atoms with Crippen LogP contribution in [0.15, 0.2) is 28.8 Å². The van der Waals surface area contributed by atoms with Gasteiger partial charge in [0, 0.05) is 32.0 Å². The highest BCUT2D eigenvalue weighted by Crippen LogP contribution is 2.31. The third-order valence-corrected chi connectivity index (χ3v) is 4.48. The summed E-state index contributed by atoms with van der Waals surface area (Å²) >= 11 is 0. The van der Waals surface area contributed by atoms with E-state index in [1.807, 2.05) is 9.58 Å². The second-order valence-corrected chi connectivity index (χ2v) is 5.97. The summed E-state index contributed by atoms with van der Waals surface area (Å²) in [5.41, 5.74) is 6.90. The number of aliphatic imine (C=N–C) groups is 1. The molecule has 5 nitrogen and oxygen atoms in total. The van der Waals surface area contributed by atoms with Crippen molar-refractivity contribution < 1.29 is 4.79 Å². The van der Waals surface area contributed by atoms with Crippen LogP contribution in [0.25, 0.3) is 0 Å². The van der Waals surface area contributed by atoms with Crippen LogP contribution < -0.4 is 0 Å². The van der Waals surface area contributed by atoms with Gasteiger partial charge < -0.3 is 4.90 Å². The van der Waals surface area contributed by atoms with Gasteiger partial charge in [-0.3, -0.25) is 14.5 Å². The van der Waals surface area contributed by atoms with E-state index in [9.17, 15) is 4.79 Å². The largest absolute Gasteiger partial charge is 0.338 e. The lowest BCUT2D eigenvalue weighted by Crippen LogP contribution is -2.34. The Kier molecular flexibility index (Phi) is 2.64. The van der Waals surface area contributed by atoms with Crippen LogP contribution in [-0.4, -0.2) is 39.4 Å². The summed E-state index contributed by atoms with van der Waals surface area (Å²) < 4.78 is 2.04. The van der Waals surface area contributed by atoms with E-state index in [0.717, 1.165) is 55.1 Å². The standard InChI is InChI=1S/C16H18N4O/c1-10-7-12-3-5-17-15(12)16-13-9-19(11(2)21)6-4-14(13)18-20(16)8-10/h3H,1,4-9H2,2H3. The maximum absolute atomic E-state index is 11.7. The monoisotopic (exact) mass is 282 g/mol. The minimum atomic E-state index is 0.128. The fraction of sp³-hybridized carbons (Fsp3) is 0.438. The van der Waals surface area contributed by atoms with E-state index in [1.54, 1.807) is 6.92 Å². The van der Waals surface area contributed by atoms with Gasteiger partial charge >= 0.3 is 0 Å². The summed E-state index contributed by atoms with van der Waals surface area (Å²) in [5, 5.41) is 4.77. The number of carbonyl (C=O) groups is 1. The predicted molar refractivity (Wildman–Crippen MR) is 80.3 cm³/mol. The normalized spacial score (nSPS) is 20.2. The van der Waals surface area contributed by atoms with Crippen LogP contribution in [0.4, 0.5) is 0 Å². The molecular weight excluding hydrogens is 264 g/mol. The van der Waals surface area contributed by atoms with Crippen molar-refractivity contribution in [1.29, 1.82) is 0 Å². The van der Waals surface area contributed by atoms with Gasteiger partial charge in [0.15, 0.2) is 0 Å². The van der Waals surface area contributed by atoms with Gasteiger partial charge in [0.05, 0.1) is 30.2 Å². The fourth-order valence-electron chi connectivity index (χ4n) is 3.44. The van der Waals surface area contributed by atoms with Crippen molar-refractivity contribution >= 4 is 11.6 Å². The maximum atomic E-state index is 11.7. The summed E-state index contributed by atoms with van der Waals surface area (Å²) in [7, 11) is 0. The number of allylic oxidation sites excluding steroid dienone is 2. The van der Waals surface area contributed by atoms with Crippen LogP contribution in [0, 0.1) is 0 Å². The van der Waals surface area contributed by atoms with Crippen LogP contribution >= 0.6 is 0 Å². The second kappa shape index (κ2) is 4.41. The molecule has 0 aliphatic carbocycles. The number of hydrogen-bond donors (Lipinski definition) is 0. The van der Waals surface area contributed by atoms with Crippen LogP contribution in [0.3, 0.4) is 0 Å². The molecule has 0 fully saturated rings. The smallest absolute Gasteiger partial charge is 0.219 e. The first-order valence-corrected chi connectivity index (χ1v) is 7.38. The molecule has 4 rings (SSSR count). The summed E-state index contributed by atoms with van der Waals surface area (Å²) in [4.78, 5) is 18.2. The van der Waals surface area contributed by atoms with Crippen LogP contribution in [0.1, 0.15) is 30.3 Å². The number of amides is 1. The molecule has 0 saturated carbocycles. The molecule has 0 radical (unpaired) electrons. The topological polar surface area (TPSA) is 50.5 Å². The van der Waals surface area contributed by atoms with Crippen LogP contribution in [-0.2, 0) is 24.3 Å². The van der Waals surface area contributed by atoms with Crippen molar-refractivity contribution in [2.24, 2.45) is 4.99 Å². The van der Waals surface area contributed by atoms with Gasteiger partial charge in [-0.2, -0.15) is 5.10 Å². The van der Waals surface area contributed by atoms with Gasteiger partial charge in [-0.05, 0) is 12.0 Å². The Hall–Kier alpha value is -2.17. The van der Waals surface area contributed by atoms with Gasteiger partial charge in [-0.25, -0.2) is 0 Å². The Labute approximate surface area is 123 Å². The van der Waals surface area contributed by atoms with E-state index in [1.165, 1.54) is 11.1 Å². The third kappa shape index (κ3) is 1.87. The highest BCUT2D eigenvalue weighted by atomic mass is 16.2. The summed E-state index contributed by atoms with van der Waals surface area (Å²) in [6, 6.07) is 0. The molecule has 3 aliphatic rings. The SMILES string of the molecule is C=C1CC2=CCN=C2c2c3c(nn2C1)CCN(C(C)=O)C3. The van der Waals surface area contributed by atoms with Crippen molar-refractivity contribution in [2.75, 3.05) is 13.1 Å². The fourth-order valence-corrected chi connectivity index (χ4v) is 3.44. The zero-order valence-electron chi connectivity index (χ0n) is 12.2. The molecule has 0 unspecified atom stereocenters. The van der Waals surface area contributed by atoms with Crippen LogP contribution in [0.5, 0.6) is 0 Å². The number of rotatable bonds is 0. The molecule has 0 atom stereocenters.